The quantitative estimate of drug-likeness (QED) is 0.444. The maximum Gasteiger partial charge on any atom is 0.273 e. The van der Waals surface area contributed by atoms with Gasteiger partial charge in [-0.15, -0.1) is 0 Å². The van der Waals surface area contributed by atoms with Gasteiger partial charge in [0.25, 0.3) is 5.69 Å². The van der Waals surface area contributed by atoms with Gasteiger partial charge in [-0.2, -0.15) is 0 Å². The minimum atomic E-state index is -0.778. The van der Waals surface area contributed by atoms with E-state index >= 15 is 0 Å². The summed E-state index contributed by atoms with van der Waals surface area (Å²) in [5.74, 6) is 1.13. The molecule has 0 aromatic heterocycles. The topological polar surface area (TPSA) is 81.5 Å². The van der Waals surface area contributed by atoms with E-state index in [4.69, 9.17) is 4.74 Å². The Bertz CT molecular complexity index is 465. The second kappa shape index (κ2) is 7.85. The van der Waals surface area contributed by atoms with Gasteiger partial charge in [0.2, 0.25) is 0 Å². The molecule has 1 atom stereocenters. The van der Waals surface area contributed by atoms with Crippen LogP contribution in [-0.2, 0) is 17.3 Å². The van der Waals surface area contributed by atoms with Gasteiger partial charge in [0.1, 0.15) is 5.75 Å². The zero-order valence-corrected chi connectivity index (χ0v) is 11.9. The maximum absolute atomic E-state index is 10.9. The lowest BCUT2D eigenvalue weighted by Gasteiger charge is -2.06. The molecule has 0 saturated carbocycles. The molecule has 1 rings (SSSR count). The third-order valence-corrected chi connectivity index (χ3v) is 3.38. The lowest BCUT2D eigenvalue weighted by molar-refractivity contribution is -0.385. The Kier molecular flexibility index (Phi) is 6.44. The number of rotatable bonds is 8. The third kappa shape index (κ3) is 5.80. The average Bonchev–Trinajstić information content (AvgIpc) is 2.37. The summed E-state index contributed by atoms with van der Waals surface area (Å²) in [6.07, 6.45) is 2.49. The van der Waals surface area contributed by atoms with E-state index in [-0.39, 0.29) is 5.69 Å². The Balaban J connectivity index is 2.55. The number of hydrogen-bond acceptors (Lipinski definition) is 5. The minimum absolute atomic E-state index is 0.0193. The molecule has 1 aromatic carbocycles. The van der Waals surface area contributed by atoms with Gasteiger partial charge in [0, 0.05) is 35.4 Å². The average molecular weight is 286 g/mol. The summed E-state index contributed by atoms with van der Waals surface area (Å²) in [7, 11) is 0.701. The number of nitrogens with zero attached hydrogens (tertiary/aromatic N) is 1. The molecule has 6 nitrogen and oxygen atoms in total. The van der Waals surface area contributed by atoms with Crippen LogP contribution in [0.3, 0.4) is 0 Å². The molecule has 1 unspecified atom stereocenters. The highest BCUT2D eigenvalue weighted by atomic mass is 32.2. The van der Waals surface area contributed by atoms with Crippen LogP contribution in [-0.4, -0.2) is 34.8 Å². The van der Waals surface area contributed by atoms with E-state index in [2.05, 4.69) is 5.32 Å². The molecule has 1 aromatic rings. The van der Waals surface area contributed by atoms with Crippen LogP contribution in [0.4, 0.5) is 5.69 Å². The highest BCUT2D eigenvalue weighted by molar-refractivity contribution is 7.84. The Morgan fingerprint density at radius 2 is 2.16 bits per heavy atom. The van der Waals surface area contributed by atoms with Gasteiger partial charge in [-0.1, -0.05) is 0 Å². The first kappa shape index (κ1) is 15.6. The fourth-order valence-electron chi connectivity index (χ4n) is 1.60. The maximum atomic E-state index is 10.9. The summed E-state index contributed by atoms with van der Waals surface area (Å²) in [4.78, 5) is 10.3. The summed E-state index contributed by atoms with van der Waals surface area (Å²) >= 11 is 0. The Morgan fingerprint density at radius 1 is 1.42 bits per heavy atom. The summed E-state index contributed by atoms with van der Waals surface area (Å²) in [6.45, 7) is 1.25. The third-order valence-electron chi connectivity index (χ3n) is 2.51. The number of non-ortho nitro benzene ring substituents is 1. The van der Waals surface area contributed by atoms with Crippen LogP contribution < -0.4 is 10.1 Å². The van der Waals surface area contributed by atoms with Gasteiger partial charge in [0.15, 0.2) is 0 Å². The van der Waals surface area contributed by atoms with E-state index in [1.807, 2.05) is 0 Å². The van der Waals surface area contributed by atoms with Crippen LogP contribution in [0.25, 0.3) is 0 Å². The molecule has 0 aliphatic rings. The molecular formula is C12H18N2O4S. The van der Waals surface area contributed by atoms with Crippen molar-refractivity contribution < 1.29 is 13.9 Å². The summed E-state index contributed by atoms with van der Waals surface area (Å²) in [6, 6.07) is 4.68. The van der Waals surface area contributed by atoms with Crippen molar-refractivity contribution in [1.29, 1.82) is 0 Å². The van der Waals surface area contributed by atoms with Crippen molar-refractivity contribution in [3.8, 4) is 5.75 Å². The van der Waals surface area contributed by atoms with E-state index in [0.717, 1.165) is 18.5 Å². The molecule has 0 aliphatic carbocycles. The van der Waals surface area contributed by atoms with Gasteiger partial charge in [-0.3, -0.25) is 14.3 Å². The van der Waals surface area contributed by atoms with E-state index in [1.165, 1.54) is 19.2 Å². The van der Waals surface area contributed by atoms with Gasteiger partial charge >= 0.3 is 0 Å². The van der Waals surface area contributed by atoms with E-state index in [1.54, 1.807) is 12.3 Å². The van der Waals surface area contributed by atoms with Crippen LogP contribution >= 0.6 is 0 Å². The number of nitro groups is 1. The predicted molar refractivity (Wildman–Crippen MR) is 74.9 cm³/mol. The number of nitro benzene ring substituents is 1. The molecule has 0 fully saturated rings. The van der Waals surface area contributed by atoms with Gasteiger partial charge in [0.05, 0.1) is 18.1 Å². The summed E-state index contributed by atoms with van der Waals surface area (Å²) in [5.41, 5.74) is 0.814. The van der Waals surface area contributed by atoms with E-state index in [0.29, 0.717) is 18.0 Å². The van der Waals surface area contributed by atoms with Gasteiger partial charge < -0.3 is 10.1 Å². The molecule has 7 heteroatoms. The van der Waals surface area contributed by atoms with Gasteiger partial charge in [-0.05, 0) is 24.6 Å². The van der Waals surface area contributed by atoms with Crippen molar-refractivity contribution in [2.75, 3.05) is 25.7 Å². The summed E-state index contributed by atoms with van der Waals surface area (Å²) in [5, 5.41) is 13.9. The number of ether oxygens (including phenoxy) is 1. The SMILES string of the molecule is COc1cc(CNCCCS(C)=O)cc([N+](=O)[O-])c1. The van der Waals surface area contributed by atoms with Crippen molar-refractivity contribution in [2.45, 2.75) is 13.0 Å². The second-order valence-electron chi connectivity index (χ2n) is 4.10. The lowest BCUT2D eigenvalue weighted by Crippen LogP contribution is -2.16. The molecule has 106 valence electrons. The Hall–Kier alpha value is -1.47. The molecule has 1 N–H and O–H groups in total. The molecule has 0 spiro atoms. The molecule has 0 heterocycles. The van der Waals surface area contributed by atoms with Crippen molar-refractivity contribution in [1.82, 2.24) is 5.32 Å². The highest BCUT2D eigenvalue weighted by Crippen LogP contribution is 2.22. The zero-order valence-electron chi connectivity index (χ0n) is 11.0. The van der Waals surface area contributed by atoms with E-state index < -0.39 is 15.7 Å². The molecular weight excluding hydrogens is 268 g/mol. The summed E-state index contributed by atoms with van der Waals surface area (Å²) < 4.78 is 15.9. The first-order valence-corrected chi connectivity index (χ1v) is 7.58. The number of benzene rings is 1. The first-order valence-electron chi connectivity index (χ1n) is 5.86. The fraction of sp³-hybridized carbons (Fsp3) is 0.500. The van der Waals surface area contributed by atoms with Crippen LogP contribution in [0.2, 0.25) is 0 Å². The van der Waals surface area contributed by atoms with Crippen LogP contribution in [0, 0.1) is 10.1 Å². The molecule has 0 radical (unpaired) electrons. The zero-order chi connectivity index (χ0) is 14.3. The molecule has 0 bridgehead atoms. The first-order chi connectivity index (χ1) is 9.02. The van der Waals surface area contributed by atoms with Crippen molar-refractivity contribution >= 4 is 16.5 Å². The highest BCUT2D eigenvalue weighted by Gasteiger charge is 2.09. The van der Waals surface area contributed by atoms with Crippen molar-refractivity contribution in [2.24, 2.45) is 0 Å². The van der Waals surface area contributed by atoms with Crippen molar-refractivity contribution in [3.05, 3.63) is 33.9 Å². The molecule has 0 amide bonds. The smallest absolute Gasteiger partial charge is 0.273 e. The largest absolute Gasteiger partial charge is 0.496 e. The molecule has 0 saturated heterocycles. The molecule has 0 aliphatic heterocycles. The second-order valence-corrected chi connectivity index (χ2v) is 5.66. The molecule has 19 heavy (non-hydrogen) atoms. The number of nitrogens with one attached hydrogen (secondary N) is 1. The number of hydrogen-bond donors (Lipinski definition) is 1. The Morgan fingerprint density at radius 3 is 2.74 bits per heavy atom. The predicted octanol–water partition coefficient (Wildman–Crippen LogP) is 1.46. The monoisotopic (exact) mass is 286 g/mol. The minimum Gasteiger partial charge on any atom is -0.496 e. The fourth-order valence-corrected chi connectivity index (χ4v) is 2.15. The van der Waals surface area contributed by atoms with Gasteiger partial charge in [-0.25, -0.2) is 0 Å². The normalized spacial score (nSPS) is 12.1. The van der Waals surface area contributed by atoms with Crippen LogP contribution in [0.5, 0.6) is 5.75 Å². The van der Waals surface area contributed by atoms with Crippen molar-refractivity contribution in [3.63, 3.8) is 0 Å². The van der Waals surface area contributed by atoms with Crippen LogP contribution in [0.15, 0.2) is 18.2 Å². The number of methoxy groups -OCH3 is 1. The standard InChI is InChI=1S/C12H18N2O4S/c1-18-12-7-10(6-11(8-12)14(15)16)9-13-4-3-5-19(2)17/h6-8,13H,3-5,9H2,1-2H3. The van der Waals surface area contributed by atoms with Crippen LogP contribution in [0.1, 0.15) is 12.0 Å². The van der Waals surface area contributed by atoms with E-state index in [9.17, 15) is 14.3 Å². The lowest BCUT2D eigenvalue weighted by atomic mass is 10.2. The Labute approximate surface area is 114 Å².